The molecule has 0 bridgehead atoms. The number of hydrogen-bond donors (Lipinski definition) is 2. The summed E-state index contributed by atoms with van der Waals surface area (Å²) in [4.78, 5) is 0. The molecule has 0 saturated heterocycles. The Morgan fingerprint density at radius 1 is 1.00 bits per heavy atom. The third-order valence-electron chi connectivity index (χ3n) is 4.73. The fourth-order valence-corrected chi connectivity index (χ4v) is 3.70. The van der Waals surface area contributed by atoms with Crippen molar-refractivity contribution in [2.24, 2.45) is 0 Å². The first kappa shape index (κ1) is 28.6. The van der Waals surface area contributed by atoms with Crippen molar-refractivity contribution in [3.63, 3.8) is 0 Å². The van der Waals surface area contributed by atoms with E-state index < -0.39 is 0 Å². The molecular formula is C27H40N2OS. The van der Waals surface area contributed by atoms with Crippen molar-refractivity contribution < 1.29 is 5.11 Å². The lowest BCUT2D eigenvalue weighted by Crippen LogP contribution is -2.31. The van der Waals surface area contributed by atoms with Gasteiger partial charge in [0.05, 0.1) is 12.1 Å². The van der Waals surface area contributed by atoms with Crippen LogP contribution in [0, 0.1) is 11.3 Å². The van der Waals surface area contributed by atoms with Crippen LogP contribution >= 0.6 is 11.8 Å². The lowest BCUT2D eigenvalue weighted by Gasteiger charge is -2.18. The third-order valence-corrected chi connectivity index (χ3v) is 5.70. The second-order valence-corrected chi connectivity index (χ2v) is 9.21. The number of aliphatic hydroxyl groups is 1. The molecule has 3 nitrogen and oxygen atoms in total. The van der Waals surface area contributed by atoms with Gasteiger partial charge in [-0.2, -0.15) is 17.0 Å². The maximum atomic E-state index is 9.42. The van der Waals surface area contributed by atoms with Crippen molar-refractivity contribution in [3.05, 3.63) is 83.4 Å². The Labute approximate surface area is 194 Å². The first-order chi connectivity index (χ1) is 14.6. The average molecular weight is 441 g/mol. The molecule has 0 radical (unpaired) electrons. The van der Waals surface area contributed by atoms with Crippen LogP contribution < -0.4 is 5.32 Å². The topological polar surface area (TPSA) is 56.0 Å². The number of nitriles is 1. The second-order valence-electron chi connectivity index (χ2n) is 8.13. The number of aliphatic hydroxyl groups excluding tert-OH is 1. The maximum Gasteiger partial charge on any atom is 0.111 e. The number of nitrogens with one attached hydrogen (secondary N) is 1. The normalized spacial score (nSPS) is 13.2. The van der Waals surface area contributed by atoms with Crippen molar-refractivity contribution in [2.75, 3.05) is 11.5 Å². The molecule has 0 fully saturated rings. The van der Waals surface area contributed by atoms with Crippen LogP contribution in [0.5, 0.6) is 0 Å². The quantitative estimate of drug-likeness (QED) is 0.0900. The van der Waals surface area contributed by atoms with E-state index in [1.54, 1.807) is 24.8 Å². The summed E-state index contributed by atoms with van der Waals surface area (Å²) in [6.45, 7) is 21.7. The third kappa shape index (κ3) is 15.1. The Balaban J connectivity index is 4.50. The van der Waals surface area contributed by atoms with Crippen LogP contribution in [0.4, 0.5) is 0 Å². The zero-order valence-electron chi connectivity index (χ0n) is 20.1. The van der Waals surface area contributed by atoms with Crippen LogP contribution in [0.3, 0.4) is 0 Å². The highest BCUT2D eigenvalue weighted by Crippen LogP contribution is 2.15. The van der Waals surface area contributed by atoms with Crippen LogP contribution in [-0.2, 0) is 0 Å². The second kappa shape index (κ2) is 16.3. The lowest BCUT2D eigenvalue weighted by atomic mass is 10.1. The Morgan fingerprint density at radius 2 is 1.58 bits per heavy atom. The summed E-state index contributed by atoms with van der Waals surface area (Å²) in [5.41, 5.74) is 5.94. The van der Waals surface area contributed by atoms with Crippen molar-refractivity contribution in [1.29, 1.82) is 5.26 Å². The van der Waals surface area contributed by atoms with Crippen LogP contribution in [0.1, 0.15) is 60.3 Å². The molecule has 0 unspecified atom stereocenters. The fourth-order valence-electron chi connectivity index (χ4n) is 2.64. The maximum absolute atomic E-state index is 9.42. The molecule has 4 heteroatoms. The number of thioether (sulfide) groups is 1. The van der Waals surface area contributed by atoms with Crippen LogP contribution in [-0.4, -0.2) is 22.7 Å². The molecule has 0 aromatic rings. The van der Waals surface area contributed by atoms with Gasteiger partial charge in [0.2, 0.25) is 0 Å². The van der Waals surface area contributed by atoms with E-state index in [0.29, 0.717) is 22.6 Å². The number of allylic oxidation sites excluding steroid dienone is 7. The van der Waals surface area contributed by atoms with Gasteiger partial charge in [-0.15, -0.1) is 0 Å². The van der Waals surface area contributed by atoms with Crippen molar-refractivity contribution >= 4 is 11.8 Å². The van der Waals surface area contributed by atoms with E-state index >= 15 is 0 Å². The monoisotopic (exact) mass is 440 g/mol. The summed E-state index contributed by atoms with van der Waals surface area (Å²) in [5, 5.41) is 21.9. The Hall–Kier alpha value is -2.38. The molecule has 1 atom stereocenters. The van der Waals surface area contributed by atoms with E-state index in [1.807, 2.05) is 0 Å². The van der Waals surface area contributed by atoms with E-state index in [1.165, 1.54) is 16.7 Å². The molecule has 31 heavy (non-hydrogen) atoms. The molecule has 0 aliphatic carbocycles. The molecular weight excluding hydrogens is 400 g/mol. The minimum absolute atomic E-state index is 0.00605. The first-order valence-electron chi connectivity index (χ1n) is 10.7. The van der Waals surface area contributed by atoms with Gasteiger partial charge in [-0.1, -0.05) is 54.7 Å². The summed E-state index contributed by atoms with van der Waals surface area (Å²) < 4.78 is 0. The molecule has 0 amide bonds. The first-order valence-corrected chi connectivity index (χ1v) is 11.9. The Morgan fingerprint density at radius 3 is 2.13 bits per heavy atom. The van der Waals surface area contributed by atoms with Gasteiger partial charge < -0.3 is 10.4 Å². The van der Waals surface area contributed by atoms with Crippen LogP contribution in [0.15, 0.2) is 83.4 Å². The van der Waals surface area contributed by atoms with Crippen molar-refractivity contribution in [2.45, 2.75) is 66.3 Å². The largest absolute Gasteiger partial charge is 0.508 e. The average Bonchev–Trinajstić information content (AvgIpc) is 2.69. The fraction of sp³-hybridized carbons (Fsp3) is 0.444. The number of rotatable bonds is 15. The number of hydrogen-bond acceptors (Lipinski definition) is 4. The summed E-state index contributed by atoms with van der Waals surface area (Å²) in [5.74, 6) is 1.61. The zero-order valence-corrected chi connectivity index (χ0v) is 20.9. The van der Waals surface area contributed by atoms with E-state index in [4.69, 9.17) is 0 Å². The summed E-state index contributed by atoms with van der Waals surface area (Å²) in [6.07, 6.45) is 13.0. The predicted octanol–water partition coefficient (Wildman–Crippen LogP) is 7.71. The van der Waals surface area contributed by atoms with Gasteiger partial charge in [-0.3, -0.25) is 0 Å². The van der Waals surface area contributed by atoms with E-state index in [2.05, 4.69) is 77.0 Å². The molecule has 0 aromatic carbocycles. The lowest BCUT2D eigenvalue weighted by molar-refractivity contribution is 0.426. The van der Waals surface area contributed by atoms with Crippen LogP contribution in [0.2, 0.25) is 0 Å². The molecule has 0 heterocycles. The molecule has 170 valence electrons. The van der Waals surface area contributed by atoms with Gasteiger partial charge in [0, 0.05) is 22.8 Å². The zero-order chi connectivity index (χ0) is 23.8. The summed E-state index contributed by atoms with van der Waals surface area (Å²) in [6, 6.07) is 1.93. The minimum atomic E-state index is -0.196. The molecule has 0 spiro atoms. The smallest absolute Gasteiger partial charge is 0.111 e. The molecule has 0 aromatic heterocycles. The molecule has 0 aliphatic heterocycles. The SMILES string of the molecule is C=C(/C=C(\C)C(=C)O)N[C@@H](CSC/C=C(\C)CC/C=C(\C)CCC=C(C)C)C(=C)C#N. The van der Waals surface area contributed by atoms with Gasteiger partial charge in [0.15, 0.2) is 0 Å². The summed E-state index contributed by atoms with van der Waals surface area (Å²) >= 11 is 1.75. The highest BCUT2D eigenvalue weighted by molar-refractivity contribution is 7.99. The molecule has 0 rings (SSSR count). The highest BCUT2D eigenvalue weighted by Gasteiger charge is 2.12. The summed E-state index contributed by atoms with van der Waals surface area (Å²) in [7, 11) is 0. The Kier molecular flexibility index (Phi) is 15.1. The van der Waals surface area contributed by atoms with E-state index in [-0.39, 0.29) is 11.8 Å². The van der Waals surface area contributed by atoms with E-state index in [9.17, 15) is 10.4 Å². The van der Waals surface area contributed by atoms with Gasteiger partial charge in [-0.05, 0) is 72.0 Å². The van der Waals surface area contributed by atoms with Crippen molar-refractivity contribution in [1.82, 2.24) is 5.32 Å². The van der Waals surface area contributed by atoms with Gasteiger partial charge in [0.25, 0.3) is 0 Å². The Bertz CT molecular complexity index is 787. The number of nitrogens with zero attached hydrogens (tertiary/aromatic N) is 1. The molecule has 0 saturated carbocycles. The predicted molar refractivity (Wildman–Crippen MR) is 139 cm³/mol. The van der Waals surface area contributed by atoms with Crippen LogP contribution in [0.25, 0.3) is 0 Å². The van der Waals surface area contributed by atoms with Gasteiger partial charge in [0.1, 0.15) is 5.76 Å². The van der Waals surface area contributed by atoms with Crippen molar-refractivity contribution in [3.8, 4) is 6.07 Å². The highest BCUT2D eigenvalue weighted by atomic mass is 32.2. The van der Waals surface area contributed by atoms with E-state index in [0.717, 1.165) is 31.4 Å². The van der Waals surface area contributed by atoms with Gasteiger partial charge in [-0.25, -0.2) is 0 Å². The molecule has 2 N–H and O–H groups in total. The minimum Gasteiger partial charge on any atom is -0.508 e. The molecule has 0 aliphatic rings. The van der Waals surface area contributed by atoms with Gasteiger partial charge >= 0.3 is 0 Å². The standard InChI is InChI=1S/C27H40N2OS/c1-20(2)11-9-12-21(3)13-10-14-22(4)15-16-31-19-27(24(6)18-28)29-25(7)17-23(5)26(8)30/h11,13,15,17,27,29-30H,6-10,12,14,16,19H2,1-5H3/b21-13+,22-15+,23-17+/t27-/m0/s1.